The zero-order valence-corrected chi connectivity index (χ0v) is 26.8. The Morgan fingerprint density at radius 3 is 2.43 bits per heavy atom. The van der Waals surface area contributed by atoms with E-state index in [-0.39, 0.29) is 43.3 Å². The number of aliphatic hydroxyl groups excluding tert-OH is 1. The number of ether oxygens (including phenoxy) is 1. The molecular formula is C38H49N3O5. The first kappa shape index (κ1) is 34.7. The monoisotopic (exact) mass is 627 g/mol. The molecule has 246 valence electrons. The number of aromatic nitrogens is 1. The van der Waals surface area contributed by atoms with Crippen LogP contribution in [0.15, 0.2) is 86.1 Å². The molecule has 8 nitrogen and oxygen atoms in total. The summed E-state index contributed by atoms with van der Waals surface area (Å²) in [6, 6.07) is 17.3. The third-order valence-corrected chi connectivity index (χ3v) is 9.06. The molecule has 1 aliphatic carbocycles. The molecule has 1 fully saturated rings. The van der Waals surface area contributed by atoms with Crippen molar-refractivity contribution >= 4 is 28.7 Å². The number of aromatic amines is 1. The lowest BCUT2D eigenvalue weighted by Crippen LogP contribution is -2.50. The molecule has 0 radical (unpaired) electrons. The van der Waals surface area contributed by atoms with Gasteiger partial charge in [0.2, 0.25) is 11.8 Å². The van der Waals surface area contributed by atoms with Crippen LogP contribution in [-0.4, -0.2) is 52.7 Å². The molecule has 46 heavy (non-hydrogen) atoms. The first-order valence-electron chi connectivity index (χ1n) is 16.6. The fraction of sp³-hybridized carbons (Fsp3) is 0.447. The van der Waals surface area contributed by atoms with Crippen LogP contribution < -0.4 is 10.6 Å². The first-order valence-corrected chi connectivity index (χ1v) is 16.6. The number of H-pyrrole nitrogens is 1. The SMILES string of the molecule is C=CCCC[C@H](Cc1ccccc1)C(=O)OC[C@H](Cc1c[nH]c2ccccc12)NC(=O)[C@@H](CC=C)CC(=O)NC1(CO)CCCC1. The summed E-state index contributed by atoms with van der Waals surface area (Å²) in [5.41, 5.74) is 2.43. The first-order chi connectivity index (χ1) is 22.4. The van der Waals surface area contributed by atoms with Crippen LogP contribution in [0.25, 0.3) is 10.9 Å². The second kappa shape index (κ2) is 17.5. The zero-order valence-electron chi connectivity index (χ0n) is 26.8. The van der Waals surface area contributed by atoms with Crippen LogP contribution >= 0.6 is 0 Å². The Labute approximate surface area is 272 Å². The number of carbonyl (C=O) groups is 3. The molecule has 1 aliphatic rings. The highest BCUT2D eigenvalue weighted by Gasteiger charge is 2.35. The van der Waals surface area contributed by atoms with E-state index in [4.69, 9.17) is 4.74 Å². The third-order valence-electron chi connectivity index (χ3n) is 9.06. The molecule has 3 aromatic rings. The van der Waals surface area contributed by atoms with Crippen molar-refractivity contribution in [2.75, 3.05) is 13.2 Å². The summed E-state index contributed by atoms with van der Waals surface area (Å²) in [6.07, 6.45) is 12.4. The van der Waals surface area contributed by atoms with Crippen molar-refractivity contribution in [3.8, 4) is 0 Å². The van der Waals surface area contributed by atoms with E-state index in [0.29, 0.717) is 25.7 Å². The van der Waals surface area contributed by atoms with Crippen LogP contribution in [-0.2, 0) is 32.0 Å². The normalized spacial score (nSPS) is 15.8. The summed E-state index contributed by atoms with van der Waals surface area (Å²) in [6.45, 7) is 7.50. The summed E-state index contributed by atoms with van der Waals surface area (Å²) < 4.78 is 5.95. The summed E-state index contributed by atoms with van der Waals surface area (Å²) in [5, 5.41) is 17.1. The van der Waals surface area contributed by atoms with E-state index in [0.717, 1.165) is 60.6 Å². The molecular weight excluding hydrogens is 578 g/mol. The largest absolute Gasteiger partial charge is 0.463 e. The Balaban J connectivity index is 1.47. The van der Waals surface area contributed by atoms with Gasteiger partial charge in [-0.05, 0) is 68.6 Å². The number of rotatable bonds is 19. The lowest BCUT2D eigenvalue weighted by Gasteiger charge is -2.29. The van der Waals surface area contributed by atoms with E-state index in [2.05, 4.69) is 28.8 Å². The second-order valence-corrected chi connectivity index (χ2v) is 12.6. The summed E-state index contributed by atoms with van der Waals surface area (Å²) in [7, 11) is 0. The van der Waals surface area contributed by atoms with Crippen molar-refractivity contribution in [1.82, 2.24) is 15.6 Å². The Bertz CT molecular complexity index is 1440. The van der Waals surface area contributed by atoms with Crippen LogP contribution in [0.2, 0.25) is 0 Å². The molecule has 0 unspecified atom stereocenters. The van der Waals surface area contributed by atoms with Gasteiger partial charge in [0, 0.05) is 23.5 Å². The number of esters is 1. The van der Waals surface area contributed by atoms with Crippen molar-refractivity contribution in [3.05, 3.63) is 97.2 Å². The highest BCUT2D eigenvalue weighted by molar-refractivity contribution is 5.87. The molecule has 4 N–H and O–H groups in total. The molecule has 3 atom stereocenters. The highest BCUT2D eigenvalue weighted by Crippen LogP contribution is 2.29. The number of hydrogen-bond acceptors (Lipinski definition) is 5. The van der Waals surface area contributed by atoms with Gasteiger partial charge in [-0.3, -0.25) is 14.4 Å². The minimum Gasteiger partial charge on any atom is -0.463 e. The van der Waals surface area contributed by atoms with E-state index < -0.39 is 17.5 Å². The molecule has 2 aromatic carbocycles. The Hall–Kier alpha value is -4.17. The van der Waals surface area contributed by atoms with E-state index in [1.165, 1.54) is 0 Å². The van der Waals surface area contributed by atoms with Gasteiger partial charge >= 0.3 is 5.97 Å². The molecule has 1 aromatic heterocycles. The Kier molecular flexibility index (Phi) is 13.2. The lowest BCUT2D eigenvalue weighted by molar-refractivity contribution is -0.150. The number of para-hydroxylation sites is 1. The molecule has 0 bridgehead atoms. The van der Waals surface area contributed by atoms with Crippen LogP contribution in [0.3, 0.4) is 0 Å². The predicted octanol–water partition coefficient (Wildman–Crippen LogP) is 5.96. The van der Waals surface area contributed by atoms with Gasteiger partial charge in [-0.1, -0.05) is 73.5 Å². The fourth-order valence-electron chi connectivity index (χ4n) is 6.48. The van der Waals surface area contributed by atoms with Crippen LogP contribution in [0.4, 0.5) is 0 Å². The Morgan fingerprint density at radius 1 is 0.978 bits per heavy atom. The number of aliphatic hydroxyl groups is 1. The number of benzene rings is 2. The topological polar surface area (TPSA) is 121 Å². The highest BCUT2D eigenvalue weighted by atomic mass is 16.5. The van der Waals surface area contributed by atoms with Gasteiger partial charge in [-0.25, -0.2) is 0 Å². The molecule has 8 heteroatoms. The second-order valence-electron chi connectivity index (χ2n) is 12.6. The van der Waals surface area contributed by atoms with E-state index >= 15 is 0 Å². The van der Waals surface area contributed by atoms with Crippen LogP contribution in [0, 0.1) is 11.8 Å². The number of nitrogens with one attached hydrogen (secondary N) is 3. The number of hydrogen-bond donors (Lipinski definition) is 4. The lowest BCUT2D eigenvalue weighted by atomic mass is 9.94. The molecule has 4 rings (SSSR count). The Morgan fingerprint density at radius 2 is 1.72 bits per heavy atom. The summed E-state index contributed by atoms with van der Waals surface area (Å²) >= 11 is 0. The van der Waals surface area contributed by atoms with Gasteiger partial charge in [0.25, 0.3) is 0 Å². The van der Waals surface area contributed by atoms with Gasteiger partial charge in [0.15, 0.2) is 0 Å². The van der Waals surface area contributed by atoms with E-state index in [1.807, 2.05) is 66.9 Å². The van der Waals surface area contributed by atoms with Crippen molar-refractivity contribution in [2.45, 2.75) is 82.2 Å². The van der Waals surface area contributed by atoms with Gasteiger partial charge in [-0.15, -0.1) is 13.2 Å². The minimum absolute atomic E-state index is 0.00252. The quantitative estimate of drug-likeness (QED) is 0.0743. The molecule has 0 saturated heterocycles. The maximum Gasteiger partial charge on any atom is 0.309 e. The standard InChI is InChI=1S/C38H49N3O5/c1-3-5-7-17-30(22-28-15-8-6-9-16-28)37(45)46-26-32(23-31-25-39-34-19-11-10-18-33(31)34)40-36(44)29(14-4-2)24-35(43)41-38(27-42)20-12-13-21-38/h3-4,6,8-11,15-16,18-19,25,29-30,32,39,42H,1-2,5,7,12-14,17,20-24,26-27H2,(H,40,44)(H,41,43)/t29-,30+,32-/m0/s1. The molecule has 2 amide bonds. The fourth-order valence-corrected chi connectivity index (χ4v) is 6.48. The number of fused-ring (bicyclic) bond motifs is 1. The average Bonchev–Trinajstić information content (AvgIpc) is 3.71. The van der Waals surface area contributed by atoms with Crippen LogP contribution in [0.1, 0.15) is 68.9 Å². The minimum atomic E-state index is -0.652. The smallest absolute Gasteiger partial charge is 0.309 e. The van der Waals surface area contributed by atoms with Crippen molar-refractivity contribution in [3.63, 3.8) is 0 Å². The van der Waals surface area contributed by atoms with Gasteiger partial charge in [0.1, 0.15) is 6.61 Å². The molecule has 1 heterocycles. The molecule has 0 aliphatic heterocycles. The van der Waals surface area contributed by atoms with Gasteiger partial charge in [-0.2, -0.15) is 0 Å². The van der Waals surface area contributed by atoms with Crippen LogP contribution in [0.5, 0.6) is 0 Å². The van der Waals surface area contributed by atoms with E-state index in [9.17, 15) is 19.5 Å². The summed E-state index contributed by atoms with van der Waals surface area (Å²) in [5.74, 6) is -1.83. The summed E-state index contributed by atoms with van der Waals surface area (Å²) in [4.78, 5) is 43.6. The maximum absolute atomic E-state index is 13.7. The van der Waals surface area contributed by atoms with Gasteiger partial charge in [0.05, 0.1) is 30.0 Å². The molecule has 0 spiro atoms. The van der Waals surface area contributed by atoms with Crippen molar-refractivity contribution < 1.29 is 24.2 Å². The van der Waals surface area contributed by atoms with E-state index in [1.54, 1.807) is 6.08 Å². The van der Waals surface area contributed by atoms with Gasteiger partial charge < -0.3 is 25.5 Å². The number of carbonyl (C=O) groups excluding carboxylic acids is 3. The zero-order chi connectivity index (χ0) is 32.8. The maximum atomic E-state index is 13.7. The average molecular weight is 628 g/mol. The predicted molar refractivity (Wildman–Crippen MR) is 182 cm³/mol. The third kappa shape index (κ3) is 9.91. The van der Waals surface area contributed by atoms with Crippen molar-refractivity contribution in [2.24, 2.45) is 11.8 Å². The molecule has 1 saturated carbocycles. The van der Waals surface area contributed by atoms with Crippen molar-refractivity contribution in [1.29, 1.82) is 0 Å². The number of allylic oxidation sites excluding steroid dienone is 2. The number of unbranched alkanes of at least 4 members (excludes halogenated alkanes) is 1. The number of amides is 2.